The molecule has 3 aromatic rings. The Morgan fingerprint density at radius 2 is 2.04 bits per heavy atom. The maximum atomic E-state index is 13.3. The molecule has 1 aliphatic rings. The number of benzene rings is 2. The van der Waals surface area contributed by atoms with Gasteiger partial charge in [-0.2, -0.15) is 0 Å². The Morgan fingerprint density at radius 1 is 1.20 bits per heavy atom. The van der Waals surface area contributed by atoms with E-state index in [9.17, 15) is 4.39 Å². The van der Waals surface area contributed by atoms with Crippen molar-refractivity contribution in [2.24, 2.45) is 0 Å². The molecule has 0 fully saturated rings. The van der Waals surface area contributed by atoms with E-state index in [-0.39, 0.29) is 12.6 Å². The summed E-state index contributed by atoms with van der Waals surface area (Å²) in [6.07, 6.45) is 4.34. The standard InChI is InChI=1S/C19H17FN2O3/c1-23-16-11-18-17(24-12-25-18)10-15(16)19-21-6-8-22(19)7-5-13-3-2-4-14(20)9-13/h2-4,6,8-11H,5,7,12H2,1H3. The van der Waals surface area contributed by atoms with Gasteiger partial charge >= 0.3 is 0 Å². The third-order valence-electron chi connectivity index (χ3n) is 4.18. The van der Waals surface area contributed by atoms with Crippen molar-refractivity contribution in [1.82, 2.24) is 9.55 Å². The topological polar surface area (TPSA) is 45.5 Å². The van der Waals surface area contributed by atoms with E-state index in [0.717, 1.165) is 17.0 Å². The number of hydrogen-bond donors (Lipinski definition) is 0. The summed E-state index contributed by atoms with van der Waals surface area (Å²) in [6, 6.07) is 10.3. The summed E-state index contributed by atoms with van der Waals surface area (Å²) in [5.74, 6) is 2.56. The first kappa shape index (κ1) is 15.5. The Bertz CT molecular complexity index is 907. The van der Waals surface area contributed by atoms with Gasteiger partial charge < -0.3 is 18.8 Å². The van der Waals surface area contributed by atoms with Crippen LogP contribution in [0.4, 0.5) is 4.39 Å². The first-order chi connectivity index (χ1) is 12.2. The van der Waals surface area contributed by atoms with Gasteiger partial charge in [0.1, 0.15) is 17.4 Å². The number of hydrogen-bond acceptors (Lipinski definition) is 4. The summed E-state index contributed by atoms with van der Waals surface area (Å²) < 4.78 is 31.7. The number of fused-ring (bicyclic) bond motifs is 1. The van der Waals surface area contributed by atoms with Gasteiger partial charge in [-0.3, -0.25) is 0 Å². The van der Waals surface area contributed by atoms with E-state index in [1.54, 1.807) is 25.4 Å². The Balaban J connectivity index is 1.63. The molecule has 25 heavy (non-hydrogen) atoms. The van der Waals surface area contributed by atoms with Crippen molar-refractivity contribution < 1.29 is 18.6 Å². The van der Waals surface area contributed by atoms with Gasteiger partial charge in [-0.05, 0) is 30.2 Å². The number of imidazole rings is 1. The molecule has 0 atom stereocenters. The average molecular weight is 340 g/mol. The lowest BCUT2D eigenvalue weighted by Gasteiger charge is -2.12. The van der Waals surface area contributed by atoms with Crippen LogP contribution in [-0.2, 0) is 13.0 Å². The second-order valence-corrected chi connectivity index (χ2v) is 5.73. The summed E-state index contributed by atoms with van der Waals surface area (Å²) in [7, 11) is 1.61. The van der Waals surface area contributed by atoms with Crippen molar-refractivity contribution in [3.05, 3.63) is 60.2 Å². The number of aromatic nitrogens is 2. The highest BCUT2D eigenvalue weighted by molar-refractivity contribution is 5.70. The van der Waals surface area contributed by atoms with Gasteiger partial charge in [0, 0.05) is 25.0 Å². The zero-order valence-corrected chi connectivity index (χ0v) is 13.7. The molecule has 0 radical (unpaired) electrons. The molecular formula is C19H17FN2O3. The minimum Gasteiger partial charge on any atom is -0.496 e. The molecule has 0 bridgehead atoms. The van der Waals surface area contributed by atoms with Gasteiger partial charge in [-0.1, -0.05) is 12.1 Å². The first-order valence-electron chi connectivity index (χ1n) is 7.98. The van der Waals surface area contributed by atoms with Crippen LogP contribution in [-0.4, -0.2) is 23.5 Å². The third kappa shape index (κ3) is 3.03. The summed E-state index contributed by atoms with van der Waals surface area (Å²) in [5.41, 5.74) is 1.77. The van der Waals surface area contributed by atoms with Gasteiger partial charge in [-0.15, -0.1) is 0 Å². The molecule has 0 saturated carbocycles. The molecular weight excluding hydrogens is 323 g/mol. The van der Waals surface area contributed by atoms with Crippen LogP contribution in [0.1, 0.15) is 5.56 Å². The van der Waals surface area contributed by atoms with Crippen LogP contribution in [0.3, 0.4) is 0 Å². The molecule has 2 aromatic carbocycles. The predicted octanol–water partition coefficient (Wildman–Crippen LogP) is 3.67. The van der Waals surface area contributed by atoms with E-state index in [1.807, 2.05) is 29.0 Å². The zero-order valence-electron chi connectivity index (χ0n) is 13.7. The number of nitrogens with zero attached hydrogens (tertiary/aromatic N) is 2. The van der Waals surface area contributed by atoms with Crippen LogP contribution in [0.25, 0.3) is 11.4 Å². The van der Waals surface area contributed by atoms with E-state index in [2.05, 4.69) is 4.98 Å². The van der Waals surface area contributed by atoms with E-state index in [1.165, 1.54) is 6.07 Å². The molecule has 0 N–H and O–H groups in total. The monoisotopic (exact) mass is 340 g/mol. The molecule has 0 spiro atoms. The largest absolute Gasteiger partial charge is 0.496 e. The number of ether oxygens (including phenoxy) is 3. The van der Waals surface area contributed by atoms with Crippen LogP contribution >= 0.6 is 0 Å². The van der Waals surface area contributed by atoms with Gasteiger partial charge in [0.15, 0.2) is 11.5 Å². The first-order valence-corrected chi connectivity index (χ1v) is 7.98. The molecule has 0 amide bonds. The number of rotatable bonds is 5. The molecule has 1 aromatic heterocycles. The maximum Gasteiger partial charge on any atom is 0.231 e. The second-order valence-electron chi connectivity index (χ2n) is 5.73. The Labute approximate surface area is 144 Å². The molecule has 6 heteroatoms. The van der Waals surface area contributed by atoms with Crippen molar-refractivity contribution >= 4 is 0 Å². The molecule has 0 aliphatic carbocycles. The predicted molar refractivity (Wildman–Crippen MR) is 90.4 cm³/mol. The molecule has 0 unspecified atom stereocenters. The van der Waals surface area contributed by atoms with Crippen molar-refractivity contribution in [2.45, 2.75) is 13.0 Å². The fraction of sp³-hybridized carbons (Fsp3) is 0.211. The van der Waals surface area contributed by atoms with Crippen molar-refractivity contribution in [3.8, 4) is 28.6 Å². The highest BCUT2D eigenvalue weighted by Crippen LogP contribution is 2.41. The van der Waals surface area contributed by atoms with E-state index in [0.29, 0.717) is 30.2 Å². The molecule has 5 nitrogen and oxygen atoms in total. The normalized spacial score (nSPS) is 12.4. The van der Waals surface area contributed by atoms with E-state index in [4.69, 9.17) is 14.2 Å². The lowest BCUT2D eigenvalue weighted by molar-refractivity contribution is 0.174. The van der Waals surface area contributed by atoms with E-state index < -0.39 is 0 Å². The lowest BCUT2D eigenvalue weighted by atomic mass is 10.1. The Morgan fingerprint density at radius 3 is 2.84 bits per heavy atom. The van der Waals surface area contributed by atoms with Crippen molar-refractivity contribution in [2.75, 3.05) is 13.9 Å². The van der Waals surface area contributed by atoms with Crippen LogP contribution in [0.15, 0.2) is 48.8 Å². The maximum absolute atomic E-state index is 13.3. The summed E-state index contributed by atoms with van der Waals surface area (Å²) in [5, 5.41) is 0. The second kappa shape index (κ2) is 6.47. The third-order valence-corrected chi connectivity index (χ3v) is 4.18. The van der Waals surface area contributed by atoms with Gasteiger partial charge in [0.25, 0.3) is 0 Å². The fourth-order valence-electron chi connectivity index (χ4n) is 2.94. The van der Waals surface area contributed by atoms with Gasteiger partial charge in [0.2, 0.25) is 6.79 Å². The van der Waals surface area contributed by atoms with Gasteiger partial charge in [-0.25, -0.2) is 9.37 Å². The number of aryl methyl sites for hydroxylation is 2. The molecule has 4 rings (SSSR count). The summed E-state index contributed by atoms with van der Waals surface area (Å²) in [4.78, 5) is 4.46. The average Bonchev–Trinajstić information content (AvgIpc) is 3.27. The smallest absolute Gasteiger partial charge is 0.231 e. The van der Waals surface area contributed by atoms with Crippen molar-refractivity contribution in [1.29, 1.82) is 0 Å². The quantitative estimate of drug-likeness (QED) is 0.711. The number of methoxy groups -OCH3 is 1. The minimum absolute atomic E-state index is 0.204. The zero-order chi connectivity index (χ0) is 17.2. The fourth-order valence-corrected chi connectivity index (χ4v) is 2.94. The SMILES string of the molecule is COc1cc2c(cc1-c1nccn1CCc1cccc(F)c1)OCO2. The van der Waals surface area contributed by atoms with Gasteiger partial charge in [0.05, 0.1) is 12.7 Å². The highest BCUT2D eigenvalue weighted by atomic mass is 19.1. The van der Waals surface area contributed by atoms with Crippen LogP contribution in [0.5, 0.6) is 17.2 Å². The Kier molecular flexibility index (Phi) is 4.01. The van der Waals surface area contributed by atoms with E-state index >= 15 is 0 Å². The van der Waals surface area contributed by atoms with Crippen LogP contribution in [0, 0.1) is 5.82 Å². The highest BCUT2D eigenvalue weighted by Gasteiger charge is 2.21. The number of halogens is 1. The van der Waals surface area contributed by atoms with Crippen LogP contribution < -0.4 is 14.2 Å². The summed E-state index contributed by atoms with van der Waals surface area (Å²) >= 11 is 0. The minimum atomic E-state index is -0.221. The Hall–Kier alpha value is -3.02. The lowest BCUT2D eigenvalue weighted by Crippen LogP contribution is -2.03. The van der Waals surface area contributed by atoms with Crippen LogP contribution in [0.2, 0.25) is 0 Å². The summed E-state index contributed by atoms with van der Waals surface area (Å²) in [6.45, 7) is 0.881. The molecule has 1 aliphatic heterocycles. The van der Waals surface area contributed by atoms with Crippen molar-refractivity contribution in [3.63, 3.8) is 0 Å². The molecule has 128 valence electrons. The molecule has 2 heterocycles. The molecule has 0 saturated heterocycles.